The highest BCUT2D eigenvalue weighted by Gasteiger charge is 2.22. The van der Waals surface area contributed by atoms with E-state index in [0.717, 1.165) is 11.3 Å². The van der Waals surface area contributed by atoms with Crippen LogP contribution in [-0.4, -0.2) is 9.97 Å². The van der Waals surface area contributed by atoms with Crippen LogP contribution in [0.15, 0.2) is 33.5 Å². The molecule has 0 fully saturated rings. The monoisotopic (exact) mass is 354 g/mol. The van der Waals surface area contributed by atoms with E-state index in [1.807, 2.05) is 45.0 Å². The Kier molecular flexibility index (Phi) is 4.35. The third kappa shape index (κ3) is 3.30. The van der Waals surface area contributed by atoms with Crippen molar-refractivity contribution in [2.45, 2.75) is 32.6 Å². The van der Waals surface area contributed by atoms with Crippen LogP contribution in [0, 0.1) is 0 Å². The van der Waals surface area contributed by atoms with E-state index in [2.05, 4.69) is 25.9 Å². The van der Waals surface area contributed by atoms with Gasteiger partial charge in [-0.1, -0.05) is 50.6 Å². The lowest BCUT2D eigenvalue weighted by Crippen LogP contribution is -2.23. The molecule has 1 aromatic carbocycles. The maximum Gasteiger partial charge on any atom is 0.265 e. The number of hydrogen-bond donors (Lipinski definition) is 1. The average molecular weight is 356 g/mol. The van der Waals surface area contributed by atoms with Gasteiger partial charge in [-0.3, -0.25) is 4.79 Å². The summed E-state index contributed by atoms with van der Waals surface area (Å²) in [5.74, 6) is 0.622. The summed E-state index contributed by atoms with van der Waals surface area (Å²) in [7, 11) is 0. The van der Waals surface area contributed by atoms with Crippen molar-refractivity contribution >= 4 is 27.5 Å². The molecule has 0 radical (unpaired) electrons. The van der Waals surface area contributed by atoms with Crippen molar-refractivity contribution in [3.63, 3.8) is 0 Å². The molecule has 5 heteroatoms. The van der Waals surface area contributed by atoms with Crippen LogP contribution < -0.4 is 5.56 Å². The van der Waals surface area contributed by atoms with E-state index >= 15 is 0 Å². The highest BCUT2D eigenvalue weighted by atomic mass is 79.9. The smallest absolute Gasteiger partial charge is 0.265 e. The number of aromatic nitrogens is 2. The molecule has 0 atom stereocenters. The topological polar surface area (TPSA) is 45.8 Å². The van der Waals surface area contributed by atoms with Crippen LogP contribution in [0.5, 0.6) is 0 Å². The van der Waals surface area contributed by atoms with Crippen LogP contribution >= 0.6 is 27.5 Å². The summed E-state index contributed by atoms with van der Waals surface area (Å²) in [6.07, 6.45) is 0.505. The van der Waals surface area contributed by atoms with E-state index in [4.69, 9.17) is 11.6 Å². The molecule has 0 saturated heterocycles. The van der Waals surface area contributed by atoms with Crippen LogP contribution in [0.2, 0.25) is 5.02 Å². The van der Waals surface area contributed by atoms with Crippen molar-refractivity contribution in [1.82, 2.24) is 9.97 Å². The highest BCUT2D eigenvalue weighted by molar-refractivity contribution is 9.10. The third-order valence-electron chi connectivity index (χ3n) is 2.94. The molecule has 2 aromatic rings. The first-order valence-corrected chi connectivity index (χ1v) is 7.48. The molecule has 0 bridgehead atoms. The third-order valence-corrected chi connectivity index (χ3v) is 4.04. The molecule has 0 spiro atoms. The number of rotatable bonds is 2. The van der Waals surface area contributed by atoms with Gasteiger partial charge in [0.15, 0.2) is 0 Å². The Bertz CT molecular complexity index is 689. The number of benzene rings is 1. The maximum absolute atomic E-state index is 12.0. The molecule has 1 aromatic heterocycles. The minimum absolute atomic E-state index is 0.160. The Hall–Kier alpha value is -1.13. The summed E-state index contributed by atoms with van der Waals surface area (Å²) in [6, 6.07) is 7.56. The molecule has 106 valence electrons. The quantitative estimate of drug-likeness (QED) is 0.882. The molecule has 0 saturated carbocycles. The summed E-state index contributed by atoms with van der Waals surface area (Å²) >= 11 is 9.46. The number of nitrogens with zero attached hydrogens (tertiary/aromatic N) is 1. The van der Waals surface area contributed by atoms with Crippen molar-refractivity contribution in [2.75, 3.05) is 0 Å². The summed E-state index contributed by atoms with van der Waals surface area (Å²) in [5, 5.41) is 0.676. The first kappa shape index (κ1) is 15.3. The van der Waals surface area contributed by atoms with E-state index in [9.17, 15) is 4.79 Å². The van der Waals surface area contributed by atoms with Crippen LogP contribution in [0.3, 0.4) is 0 Å². The summed E-state index contributed by atoms with van der Waals surface area (Å²) in [6.45, 7) is 6.08. The van der Waals surface area contributed by atoms with Gasteiger partial charge in [-0.25, -0.2) is 4.98 Å². The fourth-order valence-corrected chi connectivity index (χ4v) is 2.89. The summed E-state index contributed by atoms with van der Waals surface area (Å²) in [4.78, 5) is 19.4. The van der Waals surface area contributed by atoms with Gasteiger partial charge in [0.05, 0.1) is 5.69 Å². The van der Waals surface area contributed by atoms with Crippen molar-refractivity contribution in [1.29, 1.82) is 0 Å². The zero-order valence-electron chi connectivity index (χ0n) is 11.6. The first-order chi connectivity index (χ1) is 9.29. The second kappa shape index (κ2) is 5.70. The molecule has 0 aliphatic rings. The SMILES string of the molecule is CC(C)(C)c1nc(Cc2ccccc2Cl)[nH]c(=O)c1Br. The number of nitrogens with one attached hydrogen (secondary N) is 1. The van der Waals surface area contributed by atoms with Gasteiger partial charge in [0.2, 0.25) is 0 Å². The van der Waals surface area contributed by atoms with E-state index in [1.54, 1.807) is 0 Å². The Labute approximate surface area is 131 Å². The van der Waals surface area contributed by atoms with Gasteiger partial charge in [-0.05, 0) is 27.6 Å². The highest BCUT2D eigenvalue weighted by Crippen LogP contribution is 2.26. The Balaban J connectivity index is 2.47. The molecule has 20 heavy (non-hydrogen) atoms. The second-order valence-electron chi connectivity index (χ2n) is 5.69. The predicted octanol–water partition coefficient (Wildman–Crippen LogP) is 4.07. The minimum atomic E-state index is -0.206. The number of H-pyrrole nitrogens is 1. The maximum atomic E-state index is 12.0. The van der Waals surface area contributed by atoms with E-state index < -0.39 is 0 Å². The van der Waals surface area contributed by atoms with Gasteiger partial charge in [-0.2, -0.15) is 0 Å². The Morgan fingerprint density at radius 2 is 1.95 bits per heavy atom. The van der Waals surface area contributed by atoms with Gasteiger partial charge in [-0.15, -0.1) is 0 Å². The van der Waals surface area contributed by atoms with E-state index in [-0.39, 0.29) is 11.0 Å². The van der Waals surface area contributed by atoms with Gasteiger partial charge in [0.25, 0.3) is 5.56 Å². The molecular weight excluding hydrogens is 340 g/mol. The zero-order valence-corrected chi connectivity index (χ0v) is 14.0. The minimum Gasteiger partial charge on any atom is -0.309 e. The Morgan fingerprint density at radius 1 is 1.30 bits per heavy atom. The van der Waals surface area contributed by atoms with Crippen molar-refractivity contribution in [2.24, 2.45) is 0 Å². The zero-order chi connectivity index (χ0) is 14.9. The number of aromatic amines is 1. The van der Waals surface area contributed by atoms with Gasteiger partial charge in [0, 0.05) is 16.9 Å². The fraction of sp³-hybridized carbons (Fsp3) is 0.333. The average Bonchev–Trinajstić information content (AvgIpc) is 2.35. The lowest BCUT2D eigenvalue weighted by atomic mass is 9.92. The van der Waals surface area contributed by atoms with Crippen molar-refractivity contribution in [3.05, 3.63) is 61.2 Å². The number of halogens is 2. The van der Waals surface area contributed by atoms with E-state index in [1.165, 1.54) is 0 Å². The van der Waals surface area contributed by atoms with Crippen molar-refractivity contribution < 1.29 is 0 Å². The number of hydrogen-bond acceptors (Lipinski definition) is 2. The molecule has 0 amide bonds. The molecule has 1 N–H and O–H groups in total. The molecular formula is C15H16BrClN2O. The fourth-order valence-electron chi connectivity index (χ4n) is 1.91. The molecule has 3 nitrogen and oxygen atoms in total. The summed E-state index contributed by atoms with van der Waals surface area (Å²) < 4.78 is 0.493. The van der Waals surface area contributed by atoms with E-state index in [0.29, 0.717) is 21.7 Å². The predicted molar refractivity (Wildman–Crippen MR) is 85.5 cm³/mol. The molecule has 0 aliphatic heterocycles. The van der Waals surface area contributed by atoms with Gasteiger partial charge >= 0.3 is 0 Å². The molecule has 0 aliphatic carbocycles. The molecule has 2 rings (SSSR count). The molecule has 1 heterocycles. The standard InChI is InChI=1S/C15H16BrClN2O/c1-15(2,3)13-12(16)14(20)19-11(18-13)8-9-6-4-5-7-10(9)17/h4-7H,8H2,1-3H3,(H,18,19,20). The lowest BCUT2D eigenvalue weighted by Gasteiger charge is -2.19. The van der Waals surface area contributed by atoms with Gasteiger partial charge in [0.1, 0.15) is 10.3 Å². The Morgan fingerprint density at radius 3 is 2.55 bits per heavy atom. The van der Waals surface area contributed by atoms with Crippen molar-refractivity contribution in [3.8, 4) is 0 Å². The van der Waals surface area contributed by atoms with Gasteiger partial charge < -0.3 is 4.98 Å². The van der Waals surface area contributed by atoms with Crippen LogP contribution in [0.1, 0.15) is 37.9 Å². The summed E-state index contributed by atoms with van der Waals surface area (Å²) in [5.41, 5.74) is 1.33. The largest absolute Gasteiger partial charge is 0.309 e. The van der Waals surface area contributed by atoms with Crippen LogP contribution in [0.4, 0.5) is 0 Å². The van der Waals surface area contributed by atoms with Crippen LogP contribution in [0.25, 0.3) is 0 Å². The molecule has 0 unspecified atom stereocenters. The second-order valence-corrected chi connectivity index (χ2v) is 6.89. The lowest BCUT2D eigenvalue weighted by molar-refractivity contribution is 0.557. The van der Waals surface area contributed by atoms with Crippen LogP contribution in [-0.2, 0) is 11.8 Å². The first-order valence-electron chi connectivity index (χ1n) is 6.31. The normalized spacial score (nSPS) is 11.7.